The largest absolute Gasteiger partial charge is 0.364 e. The average molecular weight is 496 g/mol. The summed E-state index contributed by atoms with van der Waals surface area (Å²) in [5, 5.41) is 0.799. The van der Waals surface area contributed by atoms with Crippen LogP contribution in [0.15, 0.2) is 60.2 Å². The molecule has 2 N–H and O–H groups in total. The van der Waals surface area contributed by atoms with Crippen LogP contribution >= 0.6 is 11.6 Å². The van der Waals surface area contributed by atoms with E-state index in [2.05, 4.69) is 80.0 Å². The van der Waals surface area contributed by atoms with E-state index in [4.69, 9.17) is 17.3 Å². The molecule has 4 heteroatoms. The Kier molecular flexibility index (Phi) is 11.2. The minimum Gasteiger partial charge on any atom is -0.364 e. The van der Waals surface area contributed by atoms with Gasteiger partial charge in [-0.3, -0.25) is 4.90 Å². The molecular weight excluding hydrogens is 450 g/mol. The molecule has 0 radical (unpaired) electrons. The van der Waals surface area contributed by atoms with Gasteiger partial charge in [-0.1, -0.05) is 67.8 Å². The fourth-order valence-electron chi connectivity index (χ4n) is 5.08. The number of hydrogen-bond donors (Lipinski definition) is 1. The van der Waals surface area contributed by atoms with Gasteiger partial charge in [0.15, 0.2) is 0 Å². The summed E-state index contributed by atoms with van der Waals surface area (Å²) in [6.45, 7) is 13.2. The van der Waals surface area contributed by atoms with Crippen LogP contribution in [0.4, 0.5) is 5.69 Å². The fourth-order valence-corrected chi connectivity index (χ4v) is 5.21. The van der Waals surface area contributed by atoms with Crippen molar-refractivity contribution in [1.29, 1.82) is 0 Å². The van der Waals surface area contributed by atoms with Crippen molar-refractivity contribution in [1.82, 2.24) is 4.90 Å². The zero-order valence-corrected chi connectivity index (χ0v) is 23.1. The van der Waals surface area contributed by atoms with E-state index in [0.29, 0.717) is 12.0 Å². The monoisotopic (exact) mass is 495 g/mol. The van der Waals surface area contributed by atoms with Gasteiger partial charge in [-0.05, 0) is 93.8 Å². The molecule has 3 unspecified atom stereocenters. The predicted molar refractivity (Wildman–Crippen MR) is 154 cm³/mol. The van der Waals surface area contributed by atoms with Gasteiger partial charge in [-0.15, -0.1) is 0 Å². The molecule has 35 heavy (non-hydrogen) atoms. The first-order valence-electron chi connectivity index (χ1n) is 13.5. The first kappa shape index (κ1) is 27.8. The summed E-state index contributed by atoms with van der Waals surface area (Å²) in [6, 6.07) is 18.3. The van der Waals surface area contributed by atoms with Crippen LogP contribution < -0.4 is 10.6 Å². The quantitative estimate of drug-likeness (QED) is 0.318. The van der Waals surface area contributed by atoms with Crippen molar-refractivity contribution in [3.63, 3.8) is 0 Å². The highest BCUT2D eigenvalue weighted by molar-refractivity contribution is 6.30. The second-order valence-corrected chi connectivity index (χ2v) is 11.2. The van der Waals surface area contributed by atoms with Crippen LogP contribution in [-0.2, 0) is 12.8 Å². The number of hydrogen-bond acceptors (Lipinski definition) is 3. The molecule has 1 saturated heterocycles. The molecule has 0 spiro atoms. The van der Waals surface area contributed by atoms with Crippen LogP contribution in [0.5, 0.6) is 0 Å². The van der Waals surface area contributed by atoms with Gasteiger partial charge in [0, 0.05) is 42.4 Å². The molecule has 1 heterocycles. The number of benzene rings is 2. The third-order valence-electron chi connectivity index (χ3n) is 7.40. The Hall–Kier alpha value is -1.81. The summed E-state index contributed by atoms with van der Waals surface area (Å²) < 4.78 is 0. The lowest BCUT2D eigenvalue weighted by atomic mass is 9.97. The Morgan fingerprint density at radius 3 is 2.31 bits per heavy atom. The van der Waals surface area contributed by atoms with Gasteiger partial charge in [0.1, 0.15) is 0 Å². The number of anilines is 1. The highest BCUT2D eigenvalue weighted by atomic mass is 35.5. The molecule has 192 valence electrons. The SMILES string of the molecule is CCC(C)CC(N)CN1CCCC(N(CC=C(C)C)c2ccc(CCc3ccc(Cl)cc3)cc2)C1. The standard InChI is InChI=1S/C31H46ClN3/c1-5-25(4)21-29(33)22-34-19-6-7-31(23-34)35(20-18-24(2)3)30-16-12-27(13-17-30)9-8-26-10-14-28(32)15-11-26/h10-18,25,29,31H,5-9,19-23,33H2,1-4H3. The molecule has 0 aliphatic carbocycles. The van der Waals surface area contributed by atoms with E-state index in [1.165, 1.54) is 48.2 Å². The number of aryl methyl sites for hydroxylation is 2. The van der Waals surface area contributed by atoms with E-state index in [1.807, 2.05) is 12.1 Å². The van der Waals surface area contributed by atoms with Crippen molar-refractivity contribution in [2.24, 2.45) is 11.7 Å². The van der Waals surface area contributed by atoms with Crippen molar-refractivity contribution in [2.75, 3.05) is 31.1 Å². The molecule has 2 aromatic rings. The summed E-state index contributed by atoms with van der Waals surface area (Å²) in [6.07, 6.45) is 9.26. The molecule has 0 aromatic heterocycles. The Morgan fingerprint density at radius 1 is 1.09 bits per heavy atom. The topological polar surface area (TPSA) is 32.5 Å². The number of nitrogens with zero attached hydrogens (tertiary/aromatic N) is 2. The second-order valence-electron chi connectivity index (χ2n) is 10.8. The van der Waals surface area contributed by atoms with E-state index >= 15 is 0 Å². The van der Waals surface area contributed by atoms with E-state index in [-0.39, 0.29) is 6.04 Å². The molecule has 3 atom stereocenters. The number of piperidine rings is 1. The highest BCUT2D eigenvalue weighted by Crippen LogP contribution is 2.25. The third kappa shape index (κ3) is 9.29. The summed E-state index contributed by atoms with van der Waals surface area (Å²) in [4.78, 5) is 5.22. The van der Waals surface area contributed by atoms with Gasteiger partial charge >= 0.3 is 0 Å². The molecule has 0 amide bonds. The molecule has 0 saturated carbocycles. The van der Waals surface area contributed by atoms with Crippen LogP contribution in [0.25, 0.3) is 0 Å². The summed E-state index contributed by atoms with van der Waals surface area (Å²) in [5.41, 5.74) is 11.9. The van der Waals surface area contributed by atoms with Gasteiger partial charge in [-0.25, -0.2) is 0 Å². The Labute approximate surface area is 219 Å². The van der Waals surface area contributed by atoms with Crippen LogP contribution in [0.3, 0.4) is 0 Å². The highest BCUT2D eigenvalue weighted by Gasteiger charge is 2.26. The van der Waals surface area contributed by atoms with Crippen LogP contribution in [-0.4, -0.2) is 43.2 Å². The molecule has 2 aromatic carbocycles. The van der Waals surface area contributed by atoms with E-state index in [9.17, 15) is 0 Å². The van der Waals surface area contributed by atoms with Crippen molar-refractivity contribution in [3.8, 4) is 0 Å². The van der Waals surface area contributed by atoms with Gasteiger partial charge < -0.3 is 10.6 Å². The fraction of sp³-hybridized carbons (Fsp3) is 0.548. The smallest absolute Gasteiger partial charge is 0.0421 e. The average Bonchev–Trinajstić information content (AvgIpc) is 2.84. The lowest BCUT2D eigenvalue weighted by Gasteiger charge is -2.41. The predicted octanol–water partition coefficient (Wildman–Crippen LogP) is 7.13. The Morgan fingerprint density at radius 2 is 1.71 bits per heavy atom. The van der Waals surface area contributed by atoms with E-state index < -0.39 is 0 Å². The second kappa shape index (κ2) is 14.1. The summed E-state index contributed by atoms with van der Waals surface area (Å²) in [5.74, 6) is 0.706. The van der Waals surface area contributed by atoms with Gasteiger partial charge in [0.05, 0.1) is 0 Å². The summed E-state index contributed by atoms with van der Waals surface area (Å²) in [7, 11) is 0. The van der Waals surface area contributed by atoms with Crippen LogP contribution in [0.2, 0.25) is 5.02 Å². The normalized spacial score (nSPS) is 18.2. The zero-order chi connectivity index (χ0) is 25.2. The molecule has 1 aliphatic heterocycles. The minimum absolute atomic E-state index is 0.273. The van der Waals surface area contributed by atoms with Crippen LogP contribution in [0.1, 0.15) is 64.5 Å². The van der Waals surface area contributed by atoms with Gasteiger partial charge in [0.25, 0.3) is 0 Å². The molecule has 3 rings (SSSR count). The van der Waals surface area contributed by atoms with Gasteiger partial charge in [0.2, 0.25) is 0 Å². The third-order valence-corrected chi connectivity index (χ3v) is 7.65. The molecule has 1 aliphatic rings. The maximum Gasteiger partial charge on any atom is 0.0421 e. The van der Waals surface area contributed by atoms with Crippen molar-refractivity contribution in [2.45, 2.75) is 78.3 Å². The molecular formula is C31H46ClN3. The van der Waals surface area contributed by atoms with Crippen molar-refractivity contribution < 1.29 is 0 Å². The Balaban J connectivity index is 1.65. The Bertz CT molecular complexity index is 902. The maximum absolute atomic E-state index is 6.54. The summed E-state index contributed by atoms with van der Waals surface area (Å²) >= 11 is 6.03. The number of rotatable bonds is 12. The van der Waals surface area contributed by atoms with Gasteiger partial charge in [-0.2, -0.15) is 0 Å². The first-order valence-corrected chi connectivity index (χ1v) is 13.9. The zero-order valence-electron chi connectivity index (χ0n) is 22.3. The number of allylic oxidation sites excluding steroid dienone is 1. The van der Waals surface area contributed by atoms with Crippen LogP contribution in [0, 0.1) is 5.92 Å². The molecule has 3 nitrogen and oxygen atoms in total. The minimum atomic E-state index is 0.273. The first-order chi connectivity index (χ1) is 16.8. The maximum atomic E-state index is 6.54. The van der Waals surface area contributed by atoms with E-state index in [1.54, 1.807) is 0 Å². The molecule has 1 fully saturated rings. The number of likely N-dealkylation sites (tertiary alicyclic amines) is 1. The number of halogens is 1. The van der Waals surface area contributed by atoms with Crippen molar-refractivity contribution >= 4 is 17.3 Å². The lowest BCUT2D eigenvalue weighted by Crippen LogP contribution is -2.51. The molecule has 0 bridgehead atoms. The van der Waals surface area contributed by atoms with Crippen molar-refractivity contribution in [3.05, 3.63) is 76.3 Å². The van der Waals surface area contributed by atoms with E-state index in [0.717, 1.165) is 43.9 Å². The number of nitrogens with two attached hydrogens (primary N) is 1. The lowest BCUT2D eigenvalue weighted by molar-refractivity contribution is 0.187.